The Kier molecular flexibility index (Phi) is 3.48. The normalized spacial score (nSPS) is 17.4. The zero-order chi connectivity index (χ0) is 15.8. The number of rotatable bonds is 2. The largest absolute Gasteiger partial charge is 0.336 e. The number of amides is 1. The second-order valence-electron chi connectivity index (χ2n) is 6.11. The van der Waals surface area contributed by atoms with Gasteiger partial charge >= 0.3 is 0 Å². The van der Waals surface area contributed by atoms with E-state index in [1.807, 2.05) is 22.6 Å². The molecule has 2 aliphatic heterocycles. The molecule has 120 valence electrons. The molecular formula is C16H20N6O. The van der Waals surface area contributed by atoms with Crippen LogP contribution in [-0.4, -0.2) is 50.0 Å². The molecule has 0 aromatic carbocycles. The number of imidazole rings is 1. The first-order chi connectivity index (χ1) is 11.2. The number of anilines is 1. The molecule has 4 rings (SSSR count). The summed E-state index contributed by atoms with van der Waals surface area (Å²) >= 11 is 0. The highest BCUT2D eigenvalue weighted by Crippen LogP contribution is 2.23. The SMILES string of the molecule is Cn1c(C(=O)N2CCCC2)nc2c1CCN(c1ncccn1)C2. The van der Waals surface area contributed by atoms with Crippen molar-refractivity contribution >= 4 is 11.9 Å². The van der Waals surface area contributed by atoms with Crippen LogP contribution in [0.15, 0.2) is 18.5 Å². The Morgan fingerprint density at radius 2 is 1.87 bits per heavy atom. The first-order valence-corrected chi connectivity index (χ1v) is 8.10. The Morgan fingerprint density at radius 1 is 1.13 bits per heavy atom. The fraction of sp³-hybridized carbons (Fsp3) is 0.500. The maximum atomic E-state index is 12.6. The molecule has 7 heteroatoms. The van der Waals surface area contributed by atoms with Crippen LogP contribution in [0.5, 0.6) is 0 Å². The summed E-state index contributed by atoms with van der Waals surface area (Å²) in [6.07, 6.45) is 6.53. The molecule has 7 nitrogen and oxygen atoms in total. The summed E-state index contributed by atoms with van der Waals surface area (Å²) in [6, 6.07) is 1.81. The van der Waals surface area contributed by atoms with Crippen molar-refractivity contribution in [2.24, 2.45) is 7.05 Å². The summed E-state index contributed by atoms with van der Waals surface area (Å²) in [6.45, 7) is 3.19. The summed E-state index contributed by atoms with van der Waals surface area (Å²) in [7, 11) is 1.95. The fourth-order valence-corrected chi connectivity index (χ4v) is 3.41. The van der Waals surface area contributed by atoms with Crippen molar-refractivity contribution in [3.63, 3.8) is 0 Å². The number of likely N-dealkylation sites (tertiary alicyclic amines) is 1. The number of carbonyl (C=O) groups excluding carboxylic acids is 1. The van der Waals surface area contributed by atoms with Crippen LogP contribution in [0.2, 0.25) is 0 Å². The van der Waals surface area contributed by atoms with Gasteiger partial charge in [0, 0.05) is 51.2 Å². The van der Waals surface area contributed by atoms with Gasteiger partial charge in [-0.15, -0.1) is 0 Å². The number of hydrogen-bond donors (Lipinski definition) is 0. The van der Waals surface area contributed by atoms with E-state index in [2.05, 4.69) is 19.9 Å². The minimum atomic E-state index is 0.0573. The van der Waals surface area contributed by atoms with Gasteiger partial charge in [-0.1, -0.05) is 0 Å². The van der Waals surface area contributed by atoms with Crippen LogP contribution in [0.25, 0.3) is 0 Å². The van der Waals surface area contributed by atoms with Crippen molar-refractivity contribution in [1.29, 1.82) is 0 Å². The van der Waals surface area contributed by atoms with Crippen LogP contribution in [0.4, 0.5) is 5.95 Å². The quantitative estimate of drug-likeness (QED) is 0.828. The molecule has 0 radical (unpaired) electrons. The van der Waals surface area contributed by atoms with Crippen LogP contribution in [0.1, 0.15) is 34.8 Å². The van der Waals surface area contributed by atoms with Crippen LogP contribution < -0.4 is 4.90 Å². The molecule has 1 saturated heterocycles. The Balaban J connectivity index is 1.60. The van der Waals surface area contributed by atoms with E-state index in [-0.39, 0.29) is 5.91 Å². The predicted molar refractivity (Wildman–Crippen MR) is 85.1 cm³/mol. The van der Waals surface area contributed by atoms with E-state index >= 15 is 0 Å². The lowest BCUT2D eigenvalue weighted by molar-refractivity contribution is 0.0777. The molecule has 23 heavy (non-hydrogen) atoms. The monoisotopic (exact) mass is 312 g/mol. The highest BCUT2D eigenvalue weighted by atomic mass is 16.2. The van der Waals surface area contributed by atoms with E-state index in [0.717, 1.165) is 56.2 Å². The topological polar surface area (TPSA) is 67.2 Å². The highest BCUT2D eigenvalue weighted by molar-refractivity contribution is 5.91. The molecule has 2 aliphatic rings. The summed E-state index contributed by atoms with van der Waals surface area (Å²) in [5.41, 5.74) is 2.12. The van der Waals surface area contributed by atoms with Crippen molar-refractivity contribution < 1.29 is 4.79 Å². The fourth-order valence-electron chi connectivity index (χ4n) is 3.41. The molecule has 2 aromatic rings. The maximum absolute atomic E-state index is 12.6. The number of fused-ring (bicyclic) bond motifs is 1. The van der Waals surface area contributed by atoms with Gasteiger partial charge < -0.3 is 14.4 Å². The highest BCUT2D eigenvalue weighted by Gasteiger charge is 2.29. The van der Waals surface area contributed by atoms with Crippen LogP contribution >= 0.6 is 0 Å². The van der Waals surface area contributed by atoms with Gasteiger partial charge in [-0.3, -0.25) is 4.79 Å². The van der Waals surface area contributed by atoms with Crippen molar-refractivity contribution in [3.8, 4) is 0 Å². The molecule has 2 aromatic heterocycles. The summed E-state index contributed by atoms with van der Waals surface area (Å²) in [4.78, 5) is 29.9. The van der Waals surface area contributed by atoms with Crippen LogP contribution in [0.3, 0.4) is 0 Å². The predicted octanol–water partition coefficient (Wildman–Crippen LogP) is 1.01. The molecule has 1 amide bonds. The molecule has 0 saturated carbocycles. The maximum Gasteiger partial charge on any atom is 0.289 e. The average molecular weight is 312 g/mol. The van der Waals surface area contributed by atoms with Crippen molar-refractivity contribution in [3.05, 3.63) is 35.7 Å². The lowest BCUT2D eigenvalue weighted by Gasteiger charge is -2.26. The molecule has 0 atom stereocenters. The van der Waals surface area contributed by atoms with Crippen molar-refractivity contribution in [1.82, 2.24) is 24.4 Å². The third-order valence-corrected chi connectivity index (χ3v) is 4.68. The smallest absolute Gasteiger partial charge is 0.289 e. The molecule has 4 heterocycles. The lowest BCUT2D eigenvalue weighted by atomic mass is 10.1. The third kappa shape index (κ3) is 2.46. The number of hydrogen-bond acceptors (Lipinski definition) is 5. The molecule has 1 fully saturated rings. The molecular weight excluding hydrogens is 292 g/mol. The average Bonchev–Trinajstić information content (AvgIpc) is 3.23. The molecule has 0 N–H and O–H groups in total. The van der Waals surface area contributed by atoms with E-state index in [9.17, 15) is 4.79 Å². The van der Waals surface area contributed by atoms with Gasteiger partial charge in [0.25, 0.3) is 5.91 Å². The molecule has 0 aliphatic carbocycles. The van der Waals surface area contributed by atoms with Gasteiger partial charge in [-0.05, 0) is 18.9 Å². The van der Waals surface area contributed by atoms with Crippen LogP contribution in [-0.2, 0) is 20.0 Å². The molecule has 0 spiro atoms. The van der Waals surface area contributed by atoms with E-state index in [1.165, 1.54) is 0 Å². The second kappa shape index (κ2) is 5.64. The Labute approximate surface area is 135 Å². The zero-order valence-corrected chi connectivity index (χ0v) is 13.3. The standard InChI is InChI=1S/C16H20N6O/c1-20-13-5-10-22(16-17-6-4-7-18-16)11-12(13)19-14(20)15(23)21-8-2-3-9-21/h4,6-7H,2-3,5,8-11H2,1H3. The van der Waals surface area contributed by atoms with Crippen molar-refractivity contribution in [2.45, 2.75) is 25.8 Å². The first kappa shape index (κ1) is 14.2. The van der Waals surface area contributed by atoms with Crippen molar-refractivity contribution in [2.75, 3.05) is 24.5 Å². The lowest BCUT2D eigenvalue weighted by Crippen LogP contribution is -2.32. The van der Waals surface area contributed by atoms with E-state index in [1.54, 1.807) is 12.4 Å². The number of nitrogens with zero attached hydrogens (tertiary/aromatic N) is 6. The minimum Gasteiger partial charge on any atom is -0.336 e. The van der Waals surface area contributed by atoms with Gasteiger partial charge in [0.05, 0.1) is 12.2 Å². The third-order valence-electron chi connectivity index (χ3n) is 4.68. The Bertz CT molecular complexity index is 720. The van der Waals surface area contributed by atoms with E-state index in [0.29, 0.717) is 12.4 Å². The number of aromatic nitrogens is 4. The van der Waals surface area contributed by atoms with E-state index in [4.69, 9.17) is 0 Å². The Hall–Kier alpha value is -2.44. The van der Waals surface area contributed by atoms with Crippen LogP contribution in [0, 0.1) is 0 Å². The van der Waals surface area contributed by atoms with Gasteiger partial charge in [-0.2, -0.15) is 0 Å². The summed E-state index contributed by atoms with van der Waals surface area (Å²) in [5.74, 6) is 1.34. The van der Waals surface area contributed by atoms with Gasteiger partial charge in [0.15, 0.2) is 5.82 Å². The van der Waals surface area contributed by atoms with Gasteiger partial charge in [-0.25, -0.2) is 15.0 Å². The van der Waals surface area contributed by atoms with Gasteiger partial charge in [0.1, 0.15) is 0 Å². The first-order valence-electron chi connectivity index (χ1n) is 8.10. The minimum absolute atomic E-state index is 0.0573. The zero-order valence-electron chi connectivity index (χ0n) is 13.3. The van der Waals surface area contributed by atoms with E-state index < -0.39 is 0 Å². The molecule has 0 unspecified atom stereocenters. The second-order valence-corrected chi connectivity index (χ2v) is 6.11. The summed E-state index contributed by atoms with van der Waals surface area (Å²) < 4.78 is 1.97. The number of carbonyl (C=O) groups is 1. The Morgan fingerprint density at radius 3 is 2.61 bits per heavy atom. The summed E-state index contributed by atoms with van der Waals surface area (Å²) in [5, 5.41) is 0. The van der Waals surface area contributed by atoms with Gasteiger partial charge in [0.2, 0.25) is 5.95 Å². The molecule has 0 bridgehead atoms.